The third-order valence-electron chi connectivity index (χ3n) is 7.03. The van der Waals surface area contributed by atoms with Gasteiger partial charge in [-0.1, -0.05) is 24.0 Å². The minimum Gasteiger partial charge on any atom is -0.497 e. The van der Waals surface area contributed by atoms with E-state index in [4.69, 9.17) is 4.74 Å². The summed E-state index contributed by atoms with van der Waals surface area (Å²) in [5, 5.41) is 4.76. The second-order valence-electron chi connectivity index (χ2n) is 9.54. The number of ketones is 1. The fraction of sp³-hybridized carbons (Fsp3) is 0.296. The van der Waals surface area contributed by atoms with E-state index >= 15 is 4.39 Å². The van der Waals surface area contributed by atoms with Crippen LogP contribution >= 0.6 is 0 Å². The van der Waals surface area contributed by atoms with Crippen molar-refractivity contribution in [1.29, 1.82) is 0 Å². The van der Waals surface area contributed by atoms with Gasteiger partial charge in [-0.05, 0) is 36.8 Å². The maximum atomic E-state index is 15.0. The number of carbonyl (C=O) groups excluding carboxylic acids is 5. The van der Waals surface area contributed by atoms with Crippen molar-refractivity contribution in [3.8, 4) is 17.6 Å². The number of amides is 4. The first kappa shape index (κ1) is 24.2. The fourth-order valence-electron chi connectivity index (χ4n) is 4.96. The summed E-state index contributed by atoms with van der Waals surface area (Å²) in [5.74, 6) is 2.99. The molecule has 0 spiro atoms. The average molecular weight is 503 g/mol. The van der Waals surface area contributed by atoms with E-state index in [0.717, 1.165) is 11.6 Å². The van der Waals surface area contributed by atoms with Crippen molar-refractivity contribution in [2.75, 3.05) is 13.7 Å². The number of hydrogen-bond donors (Lipinski definition) is 2. The van der Waals surface area contributed by atoms with Crippen LogP contribution in [0.5, 0.6) is 5.75 Å². The standard InChI is InChI=1S/C27H22FN3O6/c1-26(21(32)11-22(33)30-26)19-6-3-15(9-20(19)28)7-8-27(12-23(34)29-25(27)36)14-31-13-16-4-5-17(37-2)10-18(16)24(31)35/h3-6,9-10H,11-14H2,1-2H3,(H,30,33)(H,29,34,36)/t26?,27-/m1/s1. The number of carbonyl (C=O) groups is 5. The van der Waals surface area contributed by atoms with Gasteiger partial charge in [0.25, 0.3) is 5.91 Å². The Hall–Kier alpha value is -4.52. The number of nitrogens with one attached hydrogen (secondary N) is 2. The van der Waals surface area contributed by atoms with Gasteiger partial charge in [0.05, 0.1) is 20.0 Å². The van der Waals surface area contributed by atoms with Crippen LogP contribution in [0, 0.1) is 23.1 Å². The number of imide groups is 1. The number of hydrogen-bond acceptors (Lipinski definition) is 6. The maximum absolute atomic E-state index is 15.0. The van der Waals surface area contributed by atoms with E-state index in [2.05, 4.69) is 22.5 Å². The lowest BCUT2D eigenvalue weighted by molar-refractivity contribution is -0.127. The molecule has 2 N–H and O–H groups in total. The molecule has 37 heavy (non-hydrogen) atoms. The zero-order chi connectivity index (χ0) is 26.5. The first-order valence-electron chi connectivity index (χ1n) is 11.5. The van der Waals surface area contributed by atoms with Gasteiger partial charge >= 0.3 is 0 Å². The van der Waals surface area contributed by atoms with Gasteiger partial charge in [0.1, 0.15) is 22.5 Å². The molecule has 2 fully saturated rings. The quantitative estimate of drug-likeness (QED) is 0.367. The Labute approximate surface area is 211 Å². The molecule has 0 aliphatic carbocycles. The van der Waals surface area contributed by atoms with Crippen molar-refractivity contribution < 1.29 is 33.1 Å². The number of halogens is 1. The van der Waals surface area contributed by atoms with Crippen LogP contribution in [0.2, 0.25) is 0 Å². The summed E-state index contributed by atoms with van der Waals surface area (Å²) in [7, 11) is 1.50. The van der Waals surface area contributed by atoms with Crippen molar-refractivity contribution in [3.63, 3.8) is 0 Å². The molecule has 1 unspecified atom stereocenters. The number of nitrogens with zero attached hydrogens (tertiary/aromatic N) is 1. The molecule has 0 aromatic heterocycles. The van der Waals surface area contributed by atoms with Gasteiger partial charge in [-0.25, -0.2) is 4.39 Å². The lowest BCUT2D eigenvalue weighted by atomic mass is 9.85. The maximum Gasteiger partial charge on any atom is 0.254 e. The first-order chi connectivity index (χ1) is 17.5. The first-order valence-corrected chi connectivity index (χ1v) is 11.5. The normalized spacial score (nSPS) is 24.5. The minimum absolute atomic E-state index is 0.00764. The van der Waals surface area contributed by atoms with Crippen LogP contribution < -0.4 is 15.4 Å². The molecule has 188 valence electrons. The van der Waals surface area contributed by atoms with Crippen LogP contribution in [0.3, 0.4) is 0 Å². The molecular weight excluding hydrogens is 481 g/mol. The van der Waals surface area contributed by atoms with E-state index in [9.17, 15) is 24.0 Å². The molecule has 0 saturated carbocycles. The second kappa shape index (κ2) is 8.55. The minimum atomic E-state index is -1.52. The Balaban J connectivity index is 1.44. The van der Waals surface area contributed by atoms with Gasteiger partial charge in [0.2, 0.25) is 17.7 Å². The smallest absolute Gasteiger partial charge is 0.254 e. The van der Waals surface area contributed by atoms with E-state index in [-0.39, 0.29) is 43.0 Å². The average Bonchev–Trinajstić information content (AvgIpc) is 3.41. The number of ether oxygens (including phenoxy) is 1. The Kier molecular flexibility index (Phi) is 5.59. The Morgan fingerprint density at radius 1 is 1.08 bits per heavy atom. The summed E-state index contributed by atoms with van der Waals surface area (Å²) in [6, 6.07) is 9.07. The number of rotatable bonds is 4. The van der Waals surface area contributed by atoms with Crippen LogP contribution in [0.15, 0.2) is 36.4 Å². The molecule has 5 rings (SSSR count). The molecule has 10 heteroatoms. The summed E-state index contributed by atoms with van der Waals surface area (Å²) >= 11 is 0. The van der Waals surface area contributed by atoms with Crippen LogP contribution in [0.1, 0.15) is 46.8 Å². The molecule has 3 aliphatic rings. The van der Waals surface area contributed by atoms with Gasteiger partial charge in [0, 0.05) is 29.8 Å². The zero-order valence-electron chi connectivity index (χ0n) is 20.1. The highest BCUT2D eigenvalue weighted by molar-refractivity contribution is 6.10. The van der Waals surface area contributed by atoms with Crippen LogP contribution in [-0.4, -0.2) is 48.0 Å². The van der Waals surface area contributed by atoms with E-state index in [1.54, 1.807) is 18.2 Å². The predicted octanol–water partition coefficient (Wildman–Crippen LogP) is 1.18. The number of fused-ring (bicyclic) bond motifs is 1. The molecule has 4 amide bonds. The summed E-state index contributed by atoms with van der Waals surface area (Å²) in [5.41, 5.74) is -1.57. The summed E-state index contributed by atoms with van der Waals surface area (Å²) < 4.78 is 20.2. The molecule has 9 nitrogen and oxygen atoms in total. The molecule has 3 aliphatic heterocycles. The lowest BCUT2D eigenvalue weighted by Crippen LogP contribution is -2.42. The van der Waals surface area contributed by atoms with Crippen molar-refractivity contribution in [3.05, 3.63) is 64.5 Å². The highest BCUT2D eigenvalue weighted by Gasteiger charge is 2.49. The molecule has 2 aromatic carbocycles. The van der Waals surface area contributed by atoms with Crippen molar-refractivity contribution in [2.45, 2.75) is 31.8 Å². The monoisotopic (exact) mass is 503 g/mol. The predicted molar refractivity (Wildman–Crippen MR) is 126 cm³/mol. The van der Waals surface area contributed by atoms with Gasteiger partial charge in [-0.15, -0.1) is 0 Å². The largest absolute Gasteiger partial charge is 0.497 e. The van der Waals surface area contributed by atoms with Gasteiger partial charge < -0.3 is 15.0 Å². The molecular formula is C27H22FN3O6. The van der Waals surface area contributed by atoms with Crippen molar-refractivity contribution in [1.82, 2.24) is 15.5 Å². The lowest BCUT2D eigenvalue weighted by Gasteiger charge is -2.26. The van der Waals surface area contributed by atoms with Crippen LogP contribution in [0.25, 0.3) is 0 Å². The third-order valence-corrected chi connectivity index (χ3v) is 7.03. The van der Waals surface area contributed by atoms with Crippen molar-refractivity contribution in [2.24, 2.45) is 5.41 Å². The fourth-order valence-corrected chi connectivity index (χ4v) is 4.96. The highest BCUT2D eigenvalue weighted by atomic mass is 19.1. The SMILES string of the molecule is COc1ccc2c(c1)C(=O)N(C[C@@]1(C#Cc3ccc(C4(C)NC(=O)CC4=O)c(F)c3)CC(=O)NC1=O)C2. The Bertz CT molecular complexity index is 1470. The van der Waals surface area contributed by atoms with E-state index in [1.807, 2.05) is 0 Å². The van der Waals surface area contributed by atoms with Crippen LogP contribution in [0.4, 0.5) is 4.39 Å². The summed E-state index contributed by atoms with van der Waals surface area (Å²) in [6.45, 7) is 1.55. The highest BCUT2D eigenvalue weighted by Crippen LogP contribution is 2.34. The number of Topliss-reactive ketones (excluding diaryl/α,β-unsaturated/α-hetero) is 1. The van der Waals surface area contributed by atoms with Gasteiger partial charge in [-0.3, -0.25) is 29.3 Å². The van der Waals surface area contributed by atoms with Gasteiger partial charge in [-0.2, -0.15) is 0 Å². The Morgan fingerprint density at radius 2 is 1.86 bits per heavy atom. The molecule has 2 aromatic rings. The summed E-state index contributed by atoms with van der Waals surface area (Å²) in [6.07, 6.45) is -0.573. The molecule has 2 atom stereocenters. The van der Waals surface area contributed by atoms with Crippen molar-refractivity contribution >= 4 is 29.4 Å². The van der Waals surface area contributed by atoms with E-state index in [1.165, 1.54) is 31.1 Å². The second-order valence-corrected chi connectivity index (χ2v) is 9.54. The van der Waals surface area contributed by atoms with E-state index in [0.29, 0.717) is 11.3 Å². The third kappa shape index (κ3) is 4.02. The Morgan fingerprint density at radius 3 is 2.49 bits per heavy atom. The molecule has 2 saturated heterocycles. The number of methoxy groups -OCH3 is 1. The molecule has 3 heterocycles. The van der Waals surface area contributed by atoms with Gasteiger partial charge in [0.15, 0.2) is 5.78 Å². The van der Waals surface area contributed by atoms with E-state index < -0.39 is 40.3 Å². The summed E-state index contributed by atoms with van der Waals surface area (Å²) in [4.78, 5) is 63.4. The van der Waals surface area contributed by atoms with Crippen LogP contribution in [-0.2, 0) is 31.3 Å². The molecule has 0 bridgehead atoms. The number of benzene rings is 2. The molecule has 0 radical (unpaired) electrons. The topological polar surface area (TPSA) is 122 Å². The zero-order valence-corrected chi connectivity index (χ0v) is 20.1.